The smallest absolute Gasteiger partial charge is 0.222 e. The van der Waals surface area contributed by atoms with E-state index in [9.17, 15) is 9.90 Å². The van der Waals surface area contributed by atoms with E-state index in [1.165, 1.54) is 0 Å². The summed E-state index contributed by atoms with van der Waals surface area (Å²) in [4.78, 5) is 18.3. The number of nitrogens with zero attached hydrogens (tertiary/aromatic N) is 2. The molecule has 0 saturated carbocycles. The number of ether oxygens (including phenoxy) is 1. The van der Waals surface area contributed by atoms with Crippen molar-refractivity contribution >= 4 is 22.5 Å². The van der Waals surface area contributed by atoms with Crippen LogP contribution in [-0.2, 0) is 4.79 Å². The van der Waals surface area contributed by atoms with E-state index in [1.807, 2.05) is 24.3 Å². The largest absolute Gasteiger partial charge is 0.496 e. The molecular formula is C18H23N3O3. The van der Waals surface area contributed by atoms with Crippen molar-refractivity contribution in [3.63, 3.8) is 0 Å². The molecule has 2 aromatic rings. The quantitative estimate of drug-likeness (QED) is 0.893. The van der Waals surface area contributed by atoms with Gasteiger partial charge in [0, 0.05) is 37.1 Å². The van der Waals surface area contributed by atoms with Gasteiger partial charge in [0.25, 0.3) is 0 Å². The van der Waals surface area contributed by atoms with Crippen LogP contribution in [0.25, 0.3) is 10.8 Å². The van der Waals surface area contributed by atoms with Crippen LogP contribution in [0.1, 0.15) is 19.3 Å². The number of aliphatic hydroxyl groups is 1. The van der Waals surface area contributed by atoms with Gasteiger partial charge in [-0.15, -0.1) is 0 Å². The van der Waals surface area contributed by atoms with Gasteiger partial charge < -0.3 is 20.1 Å². The second-order valence-corrected chi connectivity index (χ2v) is 6.29. The minimum atomic E-state index is -1.03. The van der Waals surface area contributed by atoms with E-state index < -0.39 is 5.60 Å². The van der Waals surface area contributed by atoms with Crippen LogP contribution in [-0.4, -0.2) is 48.8 Å². The average molecular weight is 329 g/mol. The van der Waals surface area contributed by atoms with E-state index in [1.54, 1.807) is 20.4 Å². The summed E-state index contributed by atoms with van der Waals surface area (Å²) in [7, 11) is 3.24. The van der Waals surface area contributed by atoms with Crippen LogP contribution in [0.4, 0.5) is 5.82 Å². The van der Waals surface area contributed by atoms with Crippen molar-refractivity contribution in [2.45, 2.75) is 24.9 Å². The Balaban J connectivity index is 1.94. The molecule has 1 amide bonds. The van der Waals surface area contributed by atoms with Crippen molar-refractivity contribution in [3.05, 3.63) is 30.5 Å². The molecule has 0 spiro atoms. The zero-order chi connectivity index (χ0) is 17.2. The Bertz CT molecular complexity index is 749. The van der Waals surface area contributed by atoms with Crippen molar-refractivity contribution in [1.82, 2.24) is 10.3 Å². The minimum absolute atomic E-state index is 0.105. The maximum atomic E-state index is 11.7. The zero-order valence-corrected chi connectivity index (χ0v) is 14.1. The minimum Gasteiger partial charge on any atom is -0.496 e. The molecule has 1 aliphatic heterocycles. The molecule has 1 aromatic carbocycles. The molecular weight excluding hydrogens is 306 g/mol. The monoisotopic (exact) mass is 329 g/mol. The predicted octanol–water partition coefficient (Wildman–Crippen LogP) is 1.71. The van der Waals surface area contributed by atoms with E-state index in [-0.39, 0.29) is 12.3 Å². The number of carbonyl (C=O) groups excluding carboxylic acids is 1. The highest BCUT2D eigenvalue weighted by Crippen LogP contribution is 2.34. The first-order valence-electron chi connectivity index (χ1n) is 8.16. The Morgan fingerprint density at radius 3 is 3.00 bits per heavy atom. The van der Waals surface area contributed by atoms with Gasteiger partial charge in [-0.3, -0.25) is 4.79 Å². The number of fused-ring (bicyclic) bond motifs is 1. The van der Waals surface area contributed by atoms with Gasteiger partial charge in [-0.1, -0.05) is 12.1 Å². The van der Waals surface area contributed by atoms with Gasteiger partial charge in [0.1, 0.15) is 11.6 Å². The third kappa shape index (κ3) is 3.14. The Morgan fingerprint density at radius 2 is 2.25 bits per heavy atom. The fraction of sp³-hybridized carbons (Fsp3) is 0.444. The molecule has 3 rings (SSSR count). The van der Waals surface area contributed by atoms with E-state index in [2.05, 4.69) is 15.2 Å². The molecule has 6 nitrogen and oxygen atoms in total. The number of piperidine rings is 1. The van der Waals surface area contributed by atoms with Crippen LogP contribution in [0.2, 0.25) is 0 Å². The summed E-state index contributed by atoms with van der Waals surface area (Å²) in [6.07, 6.45) is 3.29. The summed E-state index contributed by atoms with van der Waals surface area (Å²) < 4.78 is 5.43. The Morgan fingerprint density at radius 1 is 1.42 bits per heavy atom. The van der Waals surface area contributed by atoms with Gasteiger partial charge in [0.2, 0.25) is 5.91 Å². The van der Waals surface area contributed by atoms with Crippen molar-refractivity contribution in [1.29, 1.82) is 0 Å². The number of rotatable bonds is 4. The molecule has 1 atom stereocenters. The maximum Gasteiger partial charge on any atom is 0.222 e. The molecule has 2 N–H and O–H groups in total. The predicted molar refractivity (Wildman–Crippen MR) is 93.4 cm³/mol. The molecule has 0 aliphatic carbocycles. The first kappa shape index (κ1) is 16.5. The van der Waals surface area contributed by atoms with Crippen LogP contribution in [0.5, 0.6) is 5.75 Å². The summed E-state index contributed by atoms with van der Waals surface area (Å²) in [5.74, 6) is 1.47. The number of aromatic nitrogens is 1. The van der Waals surface area contributed by atoms with Gasteiger partial charge in [-0.2, -0.15) is 0 Å². The number of pyridine rings is 1. The lowest BCUT2D eigenvalue weighted by Crippen LogP contribution is -2.50. The molecule has 6 heteroatoms. The topological polar surface area (TPSA) is 74.7 Å². The highest BCUT2D eigenvalue weighted by molar-refractivity contribution is 5.96. The summed E-state index contributed by atoms with van der Waals surface area (Å²) in [6.45, 7) is 1.20. The van der Waals surface area contributed by atoms with Crippen molar-refractivity contribution in [2.24, 2.45) is 0 Å². The third-order valence-electron chi connectivity index (χ3n) is 4.59. The lowest BCUT2D eigenvalue weighted by Gasteiger charge is -2.39. The van der Waals surface area contributed by atoms with Crippen LogP contribution in [0, 0.1) is 0 Å². The number of methoxy groups -OCH3 is 1. The van der Waals surface area contributed by atoms with Crippen molar-refractivity contribution < 1.29 is 14.6 Å². The number of carbonyl (C=O) groups is 1. The van der Waals surface area contributed by atoms with Crippen LogP contribution in [0.15, 0.2) is 30.5 Å². The van der Waals surface area contributed by atoms with Gasteiger partial charge in [-0.05, 0) is 25.0 Å². The summed E-state index contributed by atoms with van der Waals surface area (Å²) in [5, 5.41) is 15.4. The molecule has 0 radical (unpaired) electrons. The van der Waals surface area contributed by atoms with Gasteiger partial charge in [-0.25, -0.2) is 4.98 Å². The van der Waals surface area contributed by atoms with E-state index in [0.29, 0.717) is 13.0 Å². The van der Waals surface area contributed by atoms with E-state index >= 15 is 0 Å². The normalized spacial score (nSPS) is 20.9. The van der Waals surface area contributed by atoms with E-state index in [0.717, 1.165) is 35.3 Å². The molecule has 1 aromatic heterocycles. The van der Waals surface area contributed by atoms with Gasteiger partial charge in [0.15, 0.2) is 0 Å². The summed E-state index contributed by atoms with van der Waals surface area (Å²) in [5.41, 5.74) is -1.03. The Labute approximate surface area is 141 Å². The zero-order valence-electron chi connectivity index (χ0n) is 14.1. The number of hydrogen-bond donors (Lipinski definition) is 2. The fourth-order valence-corrected chi connectivity index (χ4v) is 3.42. The Hall–Kier alpha value is -2.34. The molecule has 128 valence electrons. The average Bonchev–Trinajstić information content (AvgIpc) is 2.60. The number of benzene rings is 1. The van der Waals surface area contributed by atoms with Gasteiger partial charge >= 0.3 is 0 Å². The lowest BCUT2D eigenvalue weighted by atomic mass is 9.89. The lowest BCUT2D eigenvalue weighted by molar-refractivity contribution is -0.125. The van der Waals surface area contributed by atoms with Crippen LogP contribution >= 0.6 is 0 Å². The van der Waals surface area contributed by atoms with Crippen molar-refractivity contribution in [2.75, 3.05) is 32.1 Å². The second kappa shape index (κ2) is 6.65. The SMILES string of the molecule is CNC(=O)CC1(O)CCCN(c2nccc3c(OC)cccc23)C1. The molecule has 1 aliphatic rings. The number of anilines is 1. The fourth-order valence-electron chi connectivity index (χ4n) is 3.42. The molecule has 1 saturated heterocycles. The second-order valence-electron chi connectivity index (χ2n) is 6.29. The molecule has 0 bridgehead atoms. The first-order chi connectivity index (χ1) is 11.6. The van der Waals surface area contributed by atoms with Crippen LogP contribution in [0.3, 0.4) is 0 Å². The first-order valence-corrected chi connectivity index (χ1v) is 8.16. The molecule has 24 heavy (non-hydrogen) atoms. The number of nitrogens with one attached hydrogen (secondary N) is 1. The summed E-state index contributed by atoms with van der Waals surface area (Å²) >= 11 is 0. The molecule has 1 unspecified atom stereocenters. The molecule has 1 fully saturated rings. The number of β-amino-alcohol motifs (C(OH)–C–C–N with tert-alkyl or cyclic N) is 1. The van der Waals surface area contributed by atoms with Gasteiger partial charge in [0.05, 0.1) is 19.1 Å². The Kier molecular flexibility index (Phi) is 4.57. The number of hydrogen-bond acceptors (Lipinski definition) is 5. The third-order valence-corrected chi connectivity index (χ3v) is 4.59. The highest BCUT2D eigenvalue weighted by Gasteiger charge is 2.36. The maximum absolute atomic E-state index is 11.7. The standard InChI is InChI=1S/C18H23N3O3/c1-19-16(22)11-18(23)8-4-10-21(12-18)17-14-5-3-6-15(24-2)13(14)7-9-20-17/h3,5-7,9,23H,4,8,10-12H2,1-2H3,(H,19,22). The molecule has 2 heterocycles. The van der Waals surface area contributed by atoms with E-state index in [4.69, 9.17) is 4.74 Å². The highest BCUT2D eigenvalue weighted by atomic mass is 16.5. The summed E-state index contributed by atoms with van der Waals surface area (Å²) in [6, 6.07) is 7.79. The van der Waals surface area contributed by atoms with Crippen molar-refractivity contribution in [3.8, 4) is 5.75 Å². The van der Waals surface area contributed by atoms with Crippen LogP contribution < -0.4 is 15.0 Å². The number of amides is 1.